The number of hydrogen-bond acceptors (Lipinski definition) is 4. The van der Waals surface area contributed by atoms with E-state index in [1.165, 1.54) is 4.90 Å². The summed E-state index contributed by atoms with van der Waals surface area (Å²) >= 11 is 0. The van der Waals surface area contributed by atoms with E-state index in [1.807, 2.05) is 96.8 Å². The van der Waals surface area contributed by atoms with Crippen LogP contribution in [0.3, 0.4) is 0 Å². The first-order chi connectivity index (χ1) is 20.2. The van der Waals surface area contributed by atoms with Crippen LogP contribution in [-0.4, -0.2) is 41.3 Å². The maximum Gasteiger partial charge on any atom is 0.271 e. The highest BCUT2D eigenvalue weighted by Gasteiger charge is 2.42. The van der Waals surface area contributed by atoms with Crippen LogP contribution in [0.15, 0.2) is 103 Å². The maximum absolute atomic E-state index is 14.0. The first-order valence-electron chi connectivity index (χ1n) is 14.1. The Hall–Kier alpha value is -4.91. The van der Waals surface area contributed by atoms with Crippen molar-refractivity contribution in [2.45, 2.75) is 39.3 Å². The average Bonchev–Trinajstić information content (AvgIpc) is 2.99. The molecule has 0 spiro atoms. The summed E-state index contributed by atoms with van der Waals surface area (Å²) in [5.41, 5.74) is 3.52. The Balaban J connectivity index is 1.42. The van der Waals surface area contributed by atoms with Crippen molar-refractivity contribution >= 4 is 29.1 Å². The maximum atomic E-state index is 14.0. The number of carbonyl (C=O) groups excluding carboxylic acids is 3. The summed E-state index contributed by atoms with van der Waals surface area (Å²) in [4.78, 5) is 43.7. The number of amides is 3. The third kappa shape index (κ3) is 6.69. The van der Waals surface area contributed by atoms with E-state index in [4.69, 9.17) is 4.74 Å². The van der Waals surface area contributed by atoms with Crippen molar-refractivity contribution in [2.75, 3.05) is 23.3 Å². The van der Waals surface area contributed by atoms with Crippen LogP contribution in [0.2, 0.25) is 0 Å². The molecule has 1 aliphatic heterocycles. The molecular weight excluding hydrogens is 526 g/mol. The third-order valence-electron chi connectivity index (χ3n) is 7.28. The SMILES string of the molecule is Cc1ccc(NC(=O)CN2C(=O)C(C)(C)Oc3ccc(C(=O)N(CCc4ccccc4)Cc4ccccc4)cc32)cc1. The smallest absolute Gasteiger partial charge is 0.271 e. The Morgan fingerprint density at radius 2 is 1.50 bits per heavy atom. The first-order valence-corrected chi connectivity index (χ1v) is 14.1. The number of nitrogens with one attached hydrogen (secondary N) is 1. The Bertz CT molecular complexity index is 1570. The van der Waals surface area contributed by atoms with Crippen LogP contribution in [0, 0.1) is 6.92 Å². The quantitative estimate of drug-likeness (QED) is 0.271. The number of hydrogen-bond donors (Lipinski definition) is 1. The standard InChI is InChI=1S/C35H35N3O4/c1-25-14-17-29(18-15-25)36-32(39)24-38-30-22-28(16-19-31(30)42-35(2,3)34(38)41)33(40)37(23-27-12-8-5-9-13-27)21-20-26-10-6-4-7-11-26/h4-19,22H,20-21,23-24H2,1-3H3,(H,36,39). The van der Waals surface area contributed by atoms with Gasteiger partial charge < -0.3 is 15.0 Å². The summed E-state index contributed by atoms with van der Waals surface area (Å²) in [7, 11) is 0. The minimum Gasteiger partial charge on any atom is -0.476 e. The summed E-state index contributed by atoms with van der Waals surface area (Å²) in [6.07, 6.45) is 0.700. The lowest BCUT2D eigenvalue weighted by molar-refractivity contribution is -0.133. The molecule has 7 heteroatoms. The number of rotatable bonds is 9. The highest BCUT2D eigenvalue weighted by atomic mass is 16.5. The normalized spacial score (nSPS) is 13.6. The van der Waals surface area contributed by atoms with Crippen molar-refractivity contribution in [3.8, 4) is 5.75 Å². The summed E-state index contributed by atoms with van der Waals surface area (Å²) in [5, 5.41) is 2.86. The van der Waals surface area contributed by atoms with Crippen LogP contribution in [0.5, 0.6) is 5.75 Å². The lowest BCUT2D eigenvalue weighted by Crippen LogP contribution is -2.54. The second-order valence-corrected chi connectivity index (χ2v) is 11.0. The number of carbonyl (C=O) groups is 3. The van der Waals surface area contributed by atoms with Crippen LogP contribution in [0.1, 0.15) is 40.9 Å². The molecule has 0 saturated carbocycles. The number of benzene rings is 4. The topological polar surface area (TPSA) is 79.0 Å². The minimum absolute atomic E-state index is 0.168. The van der Waals surface area contributed by atoms with Gasteiger partial charge in [0.15, 0.2) is 5.60 Å². The highest BCUT2D eigenvalue weighted by molar-refractivity contribution is 6.08. The average molecular weight is 562 g/mol. The minimum atomic E-state index is -1.17. The number of nitrogens with zero attached hydrogens (tertiary/aromatic N) is 2. The van der Waals surface area contributed by atoms with E-state index in [-0.39, 0.29) is 24.3 Å². The van der Waals surface area contributed by atoms with E-state index in [1.54, 1.807) is 32.0 Å². The number of fused-ring (bicyclic) bond motifs is 1. The molecule has 0 bridgehead atoms. The van der Waals surface area contributed by atoms with Gasteiger partial charge in [-0.05, 0) is 68.7 Å². The molecular formula is C35H35N3O4. The van der Waals surface area contributed by atoms with Gasteiger partial charge in [-0.3, -0.25) is 19.3 Å². The summed E-state index contributed by atoms with van der Waals surface area (Å²) in [5.74, 6) is -0.429. The monoisotopic (exact) mass is 561 g/mol. The van der Waals surface area contributed by atoms with Crippen LogP contribution >= 0.6 is 0 Å². The lowest BCUT2D eigenvalue weighted by Gasteiger charge is -2.38. The van der Waals surface area contributed by atoms with Crippen molar-refractivity contribution in [3.63, 3.8) is 0 Å². The van der Waals surface area contributed by atoms with Crippen molar-refractivity contribution in [1.29, 1.82) is 0 Å². The molecule has 0 saturated heterocycles. The molecule has 4 aromatic rings. The van der Waals surface area contributed by atoms with Gasteiger partial charge in [0.25, 0.3) is 11.8 Å². The van der Waals surface area contributed by atoms with E-state index in [0.29, 0.717) is 42.2 Å². The van der Waals surface area contributed by atoms with E-state index in [9.17, 15) is 14.4 Å². The van der Waals surface area contributed by atoms with Gasteiger partial charge in [-0.2, -0.15) is 0 Å². The van der Waals surface area contributed by atoms with E-state index >= 15 is 0 Å². The van der Waals surface area contributed by atoms with E-state index in [0.717, 1.165) is 16.7 Å². The lowest BCUT2D eigenvalue weighted by atomic mass is 10.0. The van der Waals surface area contributed by atoms with Crippen LogP contribution in [0.4, 0.5) is 11.4 Å². The zero-order valence-corrected chi connectivity index (χ0v) is 24.2. The molecule has 7 nitrogen and oxygen atoms in total. The van der Waals surface area contributed by atoms with Gasteiger partial charge in [0.2, 0.25) is 5.91 Å². The molecule has 1 N–H and O–H groups in total. The van der Waals surface area contributed by atoms with Gasteiger partial charge in [0.1, 0.15) is 12.3 Å². The number of anilines is 2. The second-order valence-electron chi connectivity index (χ2n) is 11.0. The molecule has 0 fully saturated rings. The summed E-state index contributed by atoms with van der Waals surface area (Å²) in [6, 6.07) is 32.5. The molecule has 3 amide bonds. The van der Waals surface area contributed by atoms with Gasteiger partial charge in [0, 0.05) is 24.3 Å². The molecule has 214 valence electrons. The molecule has 0 aromatic heterocycles. The van der Waals surface area contributed by atoms with Gasteiger partial charge in [0.05, 0.1) is 5.69 Å². The third-order valence-corrected chi connectivity index (χ3v) is 7.28. The fraction of sp³-hybridized carbons (Fsp3) is 0.229. The van der Waals surface area contributed by atoms with E-state index in [2.05, 4.69) is 5.32 Å². The Morgan fingerprint density at radius 3 is 2.17 bits per heavy atom. The van der Waals surface area contributed by atoms with Crippen molar-refractivity contribution < 1.29 is 19.1 Å². The van der Waals surface area contributed by atoms with Crippen molar-refractivity contribution in [2.24, 2.45) is 0 Å². The molecule has 0 unspecified atom stereocenters. The number of ether oxygens (including phenoxy) is 1. The molecule has 0 aliphatic carbocycles. The van der Waals surface area contributed by atoms with Crippen LogP contribution < -0.4 is 15.0 Å². The molecule has 1 aliphatic rings. The fourth-order valence-corrected chi connectivity index (χ4v) is 4.99. The molecule has 4 aromatic carbocycles. The van der Waals surface area contributed by atoms with Gasteiger partial charge in [-0.15, -0.1) is 0 Å². The van der Waals surface area contributed by atoms with Gasteiger partial charge in [-0.1, -0.05) is 78.4 Å². The second kappa shape index (κ2) is 12.3. The largest absolute Gasteiger partial charge is 0.476 e. The van der Waals surface area contributed by atoms with E-state index < -0.39 is 5.60 Å². The Labute approximate surface area is 246 Å². The summed E-state index contributed by atoms with van der Waals surface area (Å²) < 4.78 is 6.02. The van der Waals surface area contributed by atoms with Crippen molar-refractivity contribution in [3.05, 3.63) is 125 Å². The van der Waals surface area contributed by atoms with Gasteiger partial charge >= 0.3 is 0 Å². The molecule has 1 heterocycles. The number of aryl methyl sites for hydroxylation is 1. The Morgan fingerprint density at radius 1 is 0.857 bits per heavy atom. The highest BCUT2D eigenvalue weighted by Crippen LogP contribution is 2.38. The molecule has 42 heavy (non-hydrogen) atoms. The molecule has 0 radical (unpaired) electrons. The summed E-state index contributed by atoms with van der Waals surface area (Å²) in [6.45, 7) is 6.06. The predicted molar refractivity (Wildman–Crippen MR) is 165 cm³/mol. The zero-order valence-electron chi connectivity index (χ0n) is 24.2. The molecule has 5 rings (SSSR count). The van der Waals surface area contributed by atoms with Crippen molar-refractivity contribution in [1.82, 2.24) is 4.90 Å². The first kappa shape index (κ1) is 28.6. The zero-order chi connectivity index (χ0) is 29.7. The Kier molecular flexibility index (Phi) is 8.38. The van der Waals surface area contributed by atoms with Crippen LogP contribution in [0.25, 0.3) is 0 Å². The fourth-order valence-electron chi connectivity index (χ4n) is 4.99. The van der Waals surface area contributed by atoms with Gasteiger partial charge in [-0.25, -0.2) is 0 Å². The predicted octanol–water partition coefficient (Wildman–Crippen LogP) is 6.02. The van der Waals surface area contributed by atoms with Crippen LogP contribution in [-0.2, 0) is 22.6 Å². The molecule has 0 atom stereocenters.